The second kappa shape index (κ2) is 7.20. The van der Waals surface area contributed by atoms with E-state index in [9.17, 15) is 9.59 Å². The lowest BCUT2D eigenvalue weighted by molar-refractivity contribution is -0.138. The predicted molar refractivity (Wildman–Crippen MR) is 66.4 cm³/mol. The Balaban J connectivity index is 2.44. The van der Waals surface area contributed by atoms with Gasteiger partial charge in [0.25, 0.3) is 0 Å². The number of urea groups is 1. The molecule has 0 aliphatic carbocycles. The van der Waals surface area contributed by atoms with E-state index in [1.54, 1.807) is 0 Å². The van der Waals surface area contributed by atoms with Gasteiger partial charge in [-0.15, -0.1) is 0 Å². The number of hydrogen-bond donors (Lipinski definition) is 2. The van der Waals surface area contributed by atoms with Gasteiger partial charge in [-0.1, -0.05) is 6.92 Å². The Hall–Kier alpha value is -1.30. The zero-order chi connectivity index (χ0) is 13.5. The number of aliphatic carboxylic acids is 1. The average molecular weight is 258 g/mol. The molecule has 0 saturated carbocycles. The maximum Gasteiger partial charge on any atom is 0.323 e. The Morgan fingerprint density at radius 3 is 2.78 bits per heavy atom. The van der Waals surface area contributed by atoms with Gasteiger partial charge in [0, 0.05) is 25.1 Å². The summed E-state index contributed by atoms with van der Waals surface area (Å²) in [5, 5.41) is 11.6. The van der Waals surface area contributed by atoms with Crippen LogP contribution in [0.1, 0.15) is 26.7 Å². The highest BCUT2D eigenvalue weighted by Gasteiger charge is 2.23. The molecule has 18 heavy (non-hydrogen) atoms. The van der Waals surface area contributed by atoms with Gasteiger partial charge in [0.1, 0.15) is 6.54 Å². The molecular formula is C12H22N2O4. The molecular weight excluding hydrogens is 236 g/mol. The molecule has 1 fully saturated rings. The molecule has 0 aromatic heterocycles. The summed E-state index contributed by atoms with van der Waals surface area (Å²) in [7, 11) is 0. The summed E-state index contributed by atoms with van der Waals surface area (Å²) in [4.78, 5) is 24.1. The zero-order valence-electron chi connectivity index (χ0n) is 11.0. The fourth-order valence-electron chi connectivity index (χ4n) is 1.87. The van der Waals surface area contributed by atoms with Crippen LogP contribution in [0.3, 0.4) is 0 Å². The molecule has 1 heterocycles. The second-order valence-corrected chi connectivity index (χ2v) is 4.69. The number of ether oxygens (including phenoxy) is 1. The molecule has 2 unspecified atom stereocenters. The fraction of sp³-hybridized carbons (Fsp3) is 0.833. The molecule has 104 valence electrons. The Bertz CT molecular complexity index is 290. The van der Waals surface area contributed by atoms with Crippen LogP contribution in [0.15, 0.2) is 0 Å². The summed E-state index contributed by atoms with van der Waals surface area (Å²) >= 11 is 0. The van der Waals surface area contributed by atoms with Crippen molar-refractivity contribution in [3.8, 4) is 0 Å². The van der Waals surface area contributed by atoms with Crippen LogP contribution in [-0.4, -0.2) is 54.4 Å². The molecule has 6 nitrogen and oxygen atoms in total. The molecule has 0 spiro atoms. The smallest absolute Gasteiger partial charge is 0.323 e. The van der Waals surface area contributed by atoms with Gasteiger partial charge in [-0.2, -0.15) is 0 Å². The minimum absolute atomic E-state index is 0.0825. The zero-order valence-corrected chi connectivity index (χ0v) is 11.0. The fourth-order valence-corrected chi connectivity index (χ4v) is 1.87. The van der Waals surface area contributed by atoms with E-state index in [1.165, 1.54) is 4.90 Å². The van der Waals surface area contributed by atoms with Crippen molar-refractivity contribution in [1.29, 1.82) is 0 Å². The molecule has 1 aliphatic heterocycles. The van der Waals surface area contributed by atoms with Gasteiger partial charge < -0.3 is 20.1 Å². The van der Waals surface area contributed by atoms with E-state index < -0.39 is 5.97 Å². The Kier molecular flexibility index (Phi) is 5.91. The Morgan fingerprint density at radius 1 is 1.56 bits per heavy atom. The number of carboxylic acids is 1. The van der Waals surface area contributed by atoms with Crippen LogP contribution in [0.2, 0.25) is 0 Å². The molecule has 1 aliphatic rings. The number of nitrogens with zero attached hydrogens (tertiary/aromatic N) is 1. The van der Waals surface area contributed by atoms with Crippen LogP contribution in [-0.2, 0) is 9.53 Å². The summed E-state index contributed by atoms with van der Waals surface area (Å²) in [6, 6.07) is -0.389. The summed E-state index contributed by atoms with van der Waals surface area (Å²) in [6.45, 7) is 5.47. The SMILES string of the molecule is CCC(C)N(CC(=O)O)C(=O)NCC1CCOC1. The third kappa shape index (κ3) is 4.52. The standard InChI is InChI=1S/C12H22N2O4/c1-3-9(2)14(7-11(15)16)12(17)13-6-10-4-5-18-8-10/h9-10H,3-8H2,1-2H3,(H,13,17)(H,15,16). The monoisotopic (exact) mass is 258 g/mol. The van der Waals surface area contributed by atoms with Gasteiger partial charge in [0.05, 0.1) is 6.61 Å². The highest BCUT2D eigenvalue weighted by molar-refractivity contribution is 5.80. The third-order valence-corrected chi connectivity index (χ3v) is 3.26. The van der Waals surface area contributed by atoms with Crippen molar-refractivity contribution in [3.05, 3.63) is 0 Å². The highest BCUT2D eigenvalue weighted by Crippen LogP contribution is 2.11. The molecule has 2 amide bonds. The van der Waals surface area contributed by atoms with E-state index in [1.807, 2.05) is 13.8 Å². The summed E-state index contributed by atoms with van der Waals surface area (Å²) in [5.41, 5.74) is 0. The Morgan fingerprint density at radius 2 is 2.28 bits per heavy atom. The molecule has 2 atom stereocenters. The molecule has 0 bridgehead atoms. The van der Waals surface area contributed by atoms with Gasteiger partial charge in [-0.25, -0.2) is 4.79 Å². The molecule has 0 aromatic carbocycles. The first-order valence-corrected chi connectivity index (χ1v) is 6.38. The van der Waals surface area contributed by atoms with Crippen molar-refractivity contribution in [1.82, 2.24) is 10.2 Å². The van der Waals surface area contributed by atoms with E-state index in [0.717, 1.165) is 19.4 Å². The van der Waals surface area contributed by atoms with Gasteiger partial charge >= 0.3 is 12.0 Å². The van der Waals surface area contributed by atoms with Crippen LogP contribution in [0, 0.1) is 5.92 Å². The highest BCUT2D eigenvalue weighted by atomic mass is 16.5. The maximum absolute atomic E-state index is 11.9. The predicted octanol–water partition coefficient (Wildman–Crippen LogP) is 0.918. The van der Waals surface area contributed by atoms with Crippen LogP contribution >= 0.6 is 0 Å². The minimum Gasteiger partial charge on any atom is -0.480 e. The average Bonchev–Trinajstić information content (AvgIpc) is 2.85. The molecule has 1 saturated heterocycles. The van der Waals surface area contributed by atoms with Crippen molar-refractivity contribution in [2.45, 2.75) is 32.7 Å². The lowest BCUT2D eigenvalue weighted by Gasteiger charge is -2.27. The first-order valence-electron chi connectivity index (χ1n) is 6.38. The number of carbonyl (C=O) groups excluding carboxylic acids is 1. The van der Waals surface area contributed by atoms with E-state index in [2.05, 4.69) is 5.32 Å². The van der Waals surface area contributed by atoms with Crippen molar-refractivity contribution >= 4 is 12.0 Å². The first-order chi connectivity index (χ1) is 8.54. The number of carboxylic acid groups (broad SMARTS) is 1. The van der Waals surface area contributed by atoms with E-state index in [4.69, 9.17) is 9.84 Å². The van der Waals surface area contributed by atoms with Crippen LogP contribution in [0.25, 0.3) is 0 Å². The van der Waals surface area contributed by atoms with Gasteiger partial charge in [-0.3, -0.25) is 4.79 Å². The van der Waals surface area contributed by atoms with Gasteiger partial charge in [0.2, 0.25) is 0 Å². The lowest BCUT2D eigenvalue weighted by atomic mass is 10.1. The number of hydrogen-bond acceptors (Lipinski definition) is 3. The minimum atomic E-state index is -0.991. The molecule has 0 aromatic rings. The molecule has 6 heteroatoms. The summed E-state index contributed by atoms with van der Waals surface area (Å²) in [6.07, 6.45) is 1.68. The number of carbonyl (C=O) groups is 2. The Labute approximate surface area is 107 Å². The van der Waals surface area contributed by atoms with Crippen molar-refractivity contribution < 1.29 is 19.4 Å². The summed E-state index contributed by atoms with van der Waals surface area (Å²) in [5.74, 6) is -0.646. The molecule has 1 rings (SSSR count). The van der Waals surface area contributed by atoms with Crippen molar-refractivity contribution in [2.75, 3.05) is 26.3 Å². The van der Waals surface area contributed by atoms with Crippen LogP contribution < -0.4 is 5.32 Å². The third-order valence-electron chi connectivity index (χ3n) is 3.26. The second-order valence-electron chi connectivity index (χ2n) is 4.69. The van der Waals surface area contributed by atoms with E-state index >= 15 is 0 Å². The van der Waals surface area contributed by atoms with E-state index in [0.29, 0.717) is 19.1 Å². The summed E-state index contributed by atoms with van der Waals surface area (Å²) < 4.78 is 5.22. The quantitative estimate of drug-likeness (QED) is 0.742. The van der Waals surface area contributed by atoms with E-state index in [-0.39, 0.29) is 18.6 Å². The largest absolute Gasteiger partial charge is 0.480 e. The lowest BCUT2D eigenvalue weighted by Crippen LogP contribution is -2.48. The van der Waals surface area contributed by atoms with Crippen molar-refractivity contribution in [3.63, 3.8) is 0 Å². The molecule has 0 radical (unpaired) electrons. The van der Waals surface area contributed by atoms with Crippen LogP contribution in [0.4, 0.5) is 4.79 Å². The van der Waals surface area contributed by atoms with Gasteiger partial charge in [-0.05, 0) is 19.8 Å². The maximum atomic E-state index is 11.9. The number of nitrogens with one attached hydrogen (secondary N) is 1. The topological polar surface area (TPSA) is 78.9 Å². The van der Waals surface area contributed by atoms with Crippen molar-refractivity contribution in [2.24, 2.45) is 5.92 Å². The van der Waals surface area contributed by atoms with Crippen LogP contribution in [0.5, 0.6) is 0 Å². The normalized spacial score (nSPS) is 20.4. The number of amides is 2. The number of rotatable bonds is 6. The van der Waals surface area contributed by atoms with Gasteiger partial charge in [0.15, 0.2) is 0 Å². The first kappa shape index (κ1) is 14.8. The molecule has 2 N–H and O–H groups in total.